The molecule has 5 nitrogen and oxygen atoms in total. The molecular weight excluding hydrogens is 431 g/mol. The molecule has 0 aliphatic rings. The summed E-state index contributed by atoms with van der Waals surface area (Å²) < 4.78 is 86.6. The van der Waals surface area contributed by atoms with E-state index >= 15 is 0 Å². The molecule has 0 aliphatic heterocycles. The Morgan fingerprint density at radius 2 is 1.20 bits per heavy atom. The Balaban J connectivity index is 2.25. The predicted molar refractivity (Wildman–Crippen MR) is 101 cm³/mol. The lowest BCUT2D eigenvalue weighted by molar-refractivity contribution is -0.136. The number of carbonyl (C=O) groups excluding carboxylic acids is 1. The van der Waals surface area contributed by atoms with E-state index in [0.29, 0.717) is 13.2 Å². The highest BCUT2D eigenvalue weighted by atomic mass is 28.4. The van der Waals surface area contributed by atoms with Gasteiger partial charge in [0, 0.05) is 0 Å². The summed E-state index contributed by atoms with van der Waals surface area (Å²) in [7, 11) is -1.83. The van der Waals surface area contributed by atoms with Gasteiger partial charge in [0.1, 0.15) is 0 Å². The second kappa shape index (κ2) is 11.2. The van der Waals surface area contributed by atoms with Crippen LogP contribution in [-0.4, -0.2) is 47.3 Å². The van der Waals surface area contributed by atoms with Gasteiger partial charge in [-0.15, -0.1) is 0 Å². The smallest absolute Gasteiger partial charge is 0.313 e. The molecule has 0 aliphatic carbocycles. The van der Waals surface area contributed by atoms with Gasteiger partial charge < -0.3 is 18.6 Å². The van der Waals surface area contributed by atoms with Crippen molar-refractivity contribution in [3.63, 3.8) is 0 Å². The maximum atomic E-state index is 13.4. The zero-order chi connectivity index (χ0) is 23.1. The molecule has 1 aromatic carbocycles. The Bertz CT molecular complexity index is 708. The van der Waals surface area contributed by atoms with Crippen LogP contribution in [0.4, 0.5) is 22.0 Å². The summed E-state index contributed by atoms with van der Waals surface area (Å²) in [6.07, 6.45) is -0.450. The minimum absolute atomic E-state index is 0.0992. The number of benzene rings is 1. The fourth-order valence-corrected chi connectivity index (χ4v) is 2.92. The van der Waals surface area contributed by atoms with E-state index < -0.39 is 55.5 Å². The minimum Gasteiger partial charge on any atom is -0.420 e. The van der Waals surface area contributed by atoms with Crippen LogP contribution in [0, 0.1) is 29.1 Å². The zero-order valence-electron chi connectivity index (χ0n) is 17.7. The van der Waals surface area contributed by atoms with Crippen molar-refractivity contribution in [2.24, 2.45) is 0 Å². The second-order valence-corrected chi connectivity index (χ2v) is 12.8. The highest BCUT2D eigenvalue weighted by molar-refractivity contribution is 6.74. The first-order valence-electron chi connectivity index (χ1n) is 9.31. The molecule has 0 N–H and O–H groups in total. The van der Waals surface area contributed by atoms with Crippen LogP contribution in [0.3, 0.4) is 0 Å². The molecule has 11 heteroatoms. The fourth-order valence-electron chi connectivity index (χ4n) is 1.89. The molecule has 30 heavy (non-hydrogen) atoms. The monoisotopic (exact) mass is 458 g/mol. The van der Waals surface area contributed by atoms with Crippen LogP contribution in [0.2, 0.25) is 18.1 Å². The third-order valence-corrected chi connectivity index (χ3v) is 9.24. The van der Waals surface area contributed by atoms with Crippen molar-refractivity contribution in [2.45, 2.75) is 45.3 Å². The summed E-state index contributed by atoms with van der Waals surface area (Å²) in [6.45, 7) is 11.6. The number of rotatable bonds is 11. The van der Waals surface area contributed by atoms with E-state index in [1.807, 2.05) is 0 Å². The summed E-state index contributed by atoms with van der Waals surface area (Å²) in [5.41, 5.74) is 0. The molecule has 0 unspecified atom stereocenters. The molecule has 0 spiro atoms. The Morgan fingerprint density at radius 1 is 0.767 bits per heavy atom. The Hall–Kier alpha value is -1.56. The van der Waals surface area contributed by atoms with Crippen LogP contribution in [-0.2, 0) is 18.7 Å². The van der Waals surface area contributed by atoms with Gasteiger partial charge in [-0.1, -0.05) is 20.8 Å². The largest absolute Gasteiger partial charge is 0.420 e. The van der Waals surface area contributed by atoms with Crippen molar-refractivity contribution in [1.29, 1.82) is 0 Å². The lowest BCUT2D eigenvalue weighted by atomic mass is 10.2. The molecular formula is C19H27F5O5Si. The SMILES string of the molecule is CC(C)(C)[Si](C)(C)OCCOCCOCCC(=O)Oc1c(F)c(F)c(F)c(F)c1F. The van der Waals surface area contributed by atoms with Crippen molar-refractivity contribution >= 4 is 14.3 Å². The molecule has 0 atom stereocenters. The van der Waals surface area contributed by atoms with Gasteiger partial charge in [-0.05, 0) is 18.1 Å². The molecule has 0 saturated carbocycles. The highest BCUT2D eigenvalue weighted by Crippen LogP contribution is 2.36. The summed E-state index contributed by atoms with van der Waals surface area (Å²) in [6, 6.07) is 0. The molecule has 0 aromatic heterocycles. The average Bonchev–Trinajstić information content (AvgIpc) is 2.66. The lowest BCUT2D eigenvalue weighted by Gasteiger charge is -2.36. The number of ether oxygens (including phenoxy) is 3. The first kappa shape index (κ1) is 26.5. The first-order valence-corrected chi connectivity index (χ1v) is 12.2. The number of halogens is 5. The van der Waals surface area contributed by atoms with Gasteiger partial charge in [-0.2, -0.15) is 8.78 Å². The minimum atomic E-state index is -2.33. The van der Waals surface area contributed by atoms with E-state index in [0.717, 1.165) is 0 Å². The van der Waals surface area contributed by atoms with Gasteiger partial charge in [0.05, 0.1) is 39.5 Å². The standard InChI is InChI=1S/C19H27F5O5Si/c1-19(2,3)30(4,5)28-11-10-27-9-8-26-7-6-12(25)29-18-16(23)14(21)13(20)15(22)17(18)24/h6-11H2,1-5H3. The van der Waals surface area contributed by atoms with E-state index in [4.69, 9.17) is 13.9 Å². The van der Waals surface area contributed by atoms with E-state index in [-0.39, 0.29) is 24.9 Å². The maximum Gasteiger partial charge on any atom is 0.313 e. The number of hydrogen-bond donors (Lipinski definition) is 0. The van der Waals surface area contributed by atoms with Crippen molar-refractivity contribution in [2.75, 3.05) is 33.0 Å². The maximum absolute atomic E-state index is 13.4. The van der Waals surface area contributed by atoms with Crippen molar-refractivity contribution in [3.8, 4) is 5.75 Å². The van der Waals surface area contributed by atoms with Gasteiger partial charge in [0.25, 0.3) is 0 Å². The van der Waals surface area contributed by atoms with Crippen LogP contribution in [0.1, 0.15) is 27.2 Å². The van der Waals surface area contributed by atoms with Gasteiger partial charge in [-0.25, -0.2) is 13.2 Å². The summed E-state index contributed by atoms with van der Waals surface area (Å²) in [4.78, 5) is 11.6. The molecule has 0 amide bonds. The molecule has 0 heterocycles. The van der Waals surface area contributed by atoms with E-state index in [9.17, 15) is 26.7 Å². The molecule has 1 rings (SSSR count). The molecule has 0 saturated heterocycles. The van der Waals surface area contributed by atoms with Crippen molar-refractivity contribution in [1.82, 2.24) is 0 Å². The Morgan fingerprint density at radius 3 is 1.70 bits per heavy atom. The van der Waals surface area contributed by atoms with E-state index in [1.165, 1.54) is 0 Å². The van der Waals surface area contributed by atoms with Gasteiger partial charge in [0.2, 0.25) is 34.8 Å². The van der Waals surface area contributed by atoms with Gasteiger partial charge in [-0.3, -0.25) is 4.79 Å². The summed E-state index contributed by atoms with van der Waals surface area (Å²) in [5.74, 6) is -14.0. The number of esters is 1. The van der Waals surface area contributed by atoms with Crippen LogP contribution >= 0.6 is 0 Å². The normalized spacial score (nSPS) is 12.3. The zero-order valence-corrected chi connectivity index (χ0v) is 18.7. The van der Waals surface area contributed by atoms with E-state index in [1.54, 1.807) is 0 Å². The quantitative estimate of drug-likeness (QED) is 0.0913. The molecule has 172 valence electrons. The second-order valence-electron chi connectivity index (χ2n) is 7.96. The van der Waals surface area contributed by atoms with Crippen LogP contribution in [0.5, 0.6) is 5.75 Å². The summed E-state index contributed by atoms with van der Waals surface area (Å²) >= 11 is 0. The molecule has 0 bridgehead atoms. The lowest BCUT2D eigenvalue weighted by Crippen LogP contribution is -2.41. The fraction of sp³-hybridized carbons (Fsp3) is 0.632. The van der Waals surface area contributed by atoms with Crippen LogP contribution < -0.4 is 4.74 Å². The van der Waals surface area contributed by atoms with E-state index in [2.05, 4.69) is 38.6 Å². The van der Waals surface area contributed by atoms with Crippen molar-refractivity contribution in [3.05, 3.63) is 29.1 Å². The molecule has 0 radical (unpaired) electrons. The number of hydrogen-bond acceptors (Lipinski definition) is 5. The van der Waals surface area contributed by atoms with Crippen molar-refractivity contribution < 1.29 is 45.4 Å². The third kappa shape index (κ3) is 7.29. The Kier molecular flexibility index (Phi) is 9.85. The predicted octanol–water partition coefficient (Wildman–Crippen LogP) is 4.73. The van der Waals surface area contributed by atoms with Gasteiger partial charge in [0.15, 0.2) is 8.32 Å². The van der Waals surface area contributed by atoms with Crippen LogP contribution in [0.25, 0.3) is 0 Å². The highest BCUT2D eigenvalue weighted by Gasteiger charge is 2.36. The first-order chi connectivity index (χ1) is 13.8. The third-order valence-electron chi connectivity index (χ3n) is 4.70. The topological polar surface area (TPSA) is 54.0 Å². The van der Waals surface area contributed by atoms with Gasteiger partial charge >= 0.3 is 5.97 Å². The van der Waals surface area contributed by atoms with Crippen LogP contribution in [0.15, 0.2) is 0 Å². The Labute approximate surface area is 173 Å². The number of carbonyl (C=O) groups is 1. The molecule has 0 fully saturated rings. The average molecular weight is 458 g/mol. The molecule has 1 aromatic rings. The summed E-state index contributed by atoms with van der Waals surface area (Å²) in [5, 5.41) is 0.0992.